The summed E-state index contributed by atoms with van der Waals surface area (Å²) < 4.78 is 5.99. The van der Waals surface area contributed by atoms with Crippen LogP contribution >= 0.6 is 11.6 Å². The van der Waals surface area contributed by atoms with Crippen LogP contribution in [0.1, 0.15) is 41.6 Å². The molecule has 1 aliphatic carbocycles. The minimum Gasteiger partial charge on any atom is -0.493 e. The van der Waals surface area contributed by atoms with E-state index in [0.717, 1.165) is 44.5 Å². The molecule has 2 heterocycles. The van der Waals surface area contributed by atoms with Crippen molar-refractivity contribution in [2.75, 3.05) is 18.4 Å². The van der Waals surface area contributed by atoms with Crippen LogP contribution in [0.5, 0.6) is 0 Å². The van der Waals surface area contributed by atoms with Crippen LogP contribution in [0.15, 0.2) is 78.4 Å². The van der Waals surface area contributed by atoms with Crippen molar-refractivity contribution < 1.29 is 14.6 Å². The first-order chi connectivity index (χ1) is 16.1. The van der Waals surface area contributed by atoms with Crippen LogP contribution in [0, 0.1) is 0 Å². The predicted molar refractivity (Wildman–Crippen MR) is 130 cm³/mol. The van der Waals surface area contributed by atoms with Crippen molar-refractivity contribution in [3.8, 4) is 0 Å². The Morgan fingerprint density at radius 3 is 2.76 bits per heavy atom. The van der Waals surface area contributed by atoms with Crippen LogP contribution < -0.4 is 5.32 Å². The summed E-state index contributed by atoms with van der Waals surface area (Å²) in [4.78, 5) is 17.7. The number of aromatic nitrogens is 1. The van der Waals surface area contributed by atoms with Gasteiger partial charge in [0.15, 0.2) is 0 Å². The van der Waals surface area contributed by atoms with Gasteiger partial charge in [-0.25, -0.2) is 9.78 Å². The van der Waals surface area contributed by atoms with Crippen molar-refractivity contribution in [3.05, 3.63) is 94.6 Å². The van der Waals surface area contributed by atoms with Gasteiger partial charge < -0.3 is 20.1 Å². The number of anilines is 1. The number of hydrogen-bond acceptors (Lipinski definition) is 5. The highest BCUT2D eigenvalue weighted by atomic mass is 35.5. The second-order valence-electron chi connectivity index (χ2n) is 8.18. The molecule has 4 rings (SSSR count). The van der Waals surface area contributed by atoms with Gasteiger partial charge in [0.25, 0.3) is 0 Å². The first-order valence-electron chi connectivity index (χ1n) is 11.2. The zero-order chi connectivity index (χ0) is 23.0. The minimum absolute atomic E-state index is 0.143. The number of likely N-dealkylation sites (tertiary alicyclic amines) is 1. The highest BCUT2D eigenvalue weighted by molar-refractivity contribution is 6.29. The van der Waals surface area contributed by atoms with Crippen LogP contribution in [-0.4, -0.2) is 40.1 Å². The summed E-state index contributed by atoms with van der Waals surface area (Å²) in [7, 11) is 0. The maximum Gasteiger partial charge on any atom is 0.339 e. The number of nitrogens with one attached hydrogen (secondary N) is 1. The summed E-state index contributed by atoms with van der Waals surface area (Å²) >= 11 is 5.97. The van der Waals surface area contributed by atoms with E-state index in [1.165, 1.54) is 17.5 Å². The molecule has 1 fully saturated rings. The van der Waals surface area contributed by atoms with Crippen molar-refractivity contribution in [1.82, 2.24) is 9.88 Å². The molecule has 6 nitrogen and oxygen atoms in total. The summed E-state index contributed by atoms with van der Waals surface area (Å²) in [5, 5.41) is 13.0. The number of piperidine rings is 1. The summed E-state index contributed by atoms with van der Waals surface area (Å²) in [5.74, 6) is -0.0114. The van der Waals surface area contributed by atoms with Gasteiger partial charge in [0, 0.05) is 37.4 Å². The van der Waals surface area contributed by atoms with E-state index in [1.807, 2.05) is 18.2 Å². The molecule has 2 aliphatic rings. The van der Waals surface area contributed by atoms with Gasteiger partial charge in [-0.1, -0.05) is 54.1 Å². The summed E-state index contributed by atoms with van der Waals surface area (Å²) in [6.45, 7) is 2.39. The van der Waals surface area contributed by atoms with Crippen LogP contribution in [0.25, 0.3) is 0 Å². The minimum atomic E-state index is -1.01. The molecule has 172 valence electrons. The van der Waals surface area contributed by atoms with Crippen LogP contribution in [0.4, 0.5) is 5.69 Å². The van der Waals surface area contributed by atoms with Crippen molar-refractivity contribution in [1.29, 1.82) is 0 Å². The fourth-order valence-corrected chi connectivity index (χ4v) is 4.24. The molecule has 0 bridgehead atoms. The Morgan fingerprint density at radius 2 is 2.00 bits per heavy atom. The fraction of sp³-hybridized carbons (Fsp3) is 0.308. The number of rotatable bonds is 7. The molecule has 0 saturated carbocycles. The second kappa shape index (κ2) is 11.1. The quantitative estimate of drug-likeness (QED) is 0.515. The predicted octanol–water partition coefficient (Wildman–Crippen LogP) is 5.64. The standard InChI is InChI=1S/C26H28ClN3O3/c27-25-16-24(23(17-28-25)26(31)32)29-20-12-14-30(15-13-20)21-8-4-10-22(11-5-9-21)33-18-19-6-2-1-3-7-19/h1-4,6-9,11,16-17,20H,5,10,12-15,18H2,(H,28,29)(H,31,32)/b8-4-,21-9+,22-11+. The Balaban J connectivity index is 1.30. The molecule has 33 heavy (non-hydrogen) atoms. The van der Waals surface area contributed by atoms with E-state index in [2.05, 4.69) is 51.6 Å². The molecular formula is C26H28ClN3O3. The van der Waals surface area contributed by atoms with Crippen LogP contribution in [0.3, 0.4) is 0 Å². The number of carboxylic acid groups (broad SMARTS) is 1. The number of pyridine rings is 1. The molecule has 1 saturated heterocycles. The van der Waals surface area contributed by atoms with Crippen LogP contribution in [0.2, 0.25) is 5.15 Å². The van der Waals surface area contributed by atoms with E-state index >= 15 is 0 Å². The zero-order valence-electron chi connectivity index (χ0n) is 18.4. The van der Waals surface area contributed by atoms with E-state index in [9.17, 15) is 9.90 Å². The second-order valence-corrected chi connectivity index (χ2v) is 8.57. The highest BCUT2D eigenvalue weighted by Crippen LogP contribution is 2.25. The average Bonchev–Trinajstić information content (AvgIpc) is 2.80. The fourth-order valence-electron chi connectivity index (χ4n) is 4.08. The van der Waals surface area contributed by atoms with Gasteiger partial charge in [-0.15, -0.1) is 0 Å². The number of allylic oxidation sites excluding steroid dienone is 4. The number of hydrogen-bond donors (Lipinski definition) is 2. The Labute approximate surface area is 199 Å². The monoisotopic (exact) mass is 465 g/mol. The molecule has 1 aliphatic heterocycles. The van der Waals surface area contributed by atoms with Gasteiger partial charge in [-0.2, -0.15) is 0 Å². The lowest BCUT2D eigenvalue weighted by Crippen LogP contribution is -2.38. The number of nitrogens with zero attached hydrogens (tertiary/aromatic N) is 2. The van der Waals surface area contributed by atoms with Crippen molar-refractivity contribution in [2.45, 2.75) is 38.3 Å². The van der Waals surface area contributed by atoms with Gasteiger partial charge in [-0.3, -0.25) is 0 Å². The maximum absolute atomic E-state index is 11.5. The largest absolute Gasteiger partial charge is 0.493 e. The van der Waals surface area contributed by atoms with Crippen molar-refractivity contribution in [2.24, 2.45) is 0 Å². The lowest BCUT2D eigenvalue weighted by Gasteiger charge is -2.35. The number of halogens is 1. The van der Waals surface area contributed by atoms with E-state index in [1.54, 1.807) is 6.07 Å². The van der Waals surface area contributed by atoms with Crippen molar-refractivity contribution in [3.63, 3.8) is 0 Å². The zero-order valence-corrected chi connectivity index (χ0v) is 19.2. The third-order valence-electron chi connectivity index (χ3n) is 5.87. The molecule has 0 unspecified atom stereocenters. The smallest absolute Gasteiger partial charge is 0.339 e. The first-order valence-corrected chi connectivity index (χ1v) is 11.6. The van der Waals surface area contributed by atoms with Gasteiger partial charge in [0.1, 0.15) is 17.3 Å². The summed E-state index contributed by atoms with van der Waals surface area (Å²) in [5.41, 5.74) is 3.07. The molecule has 0 spiro atoms. The topological polar surface area (TPSA) is 74.7 Å². The van der Waals surface area contributed by atoms with Gasteiger partial charge >= 0.3 is 5.97 Å². The number of benzene rings is 1. The molecule has 2 aromatic rings. The molecule has 2 N–H and O–H groups in total. The Hall–Kier alpha value is -3.25. The Morgan fingerprint density at radius 1 is 1.21 bits per heavy atom. The summed E-state index contributed by atoms with van der Waals surface area (Å²) in [6, 6.07) is 12.0. The molecule has 1 aromatic heterocycles. The molecule has 0 amide bonds. The van der Waals surface area contributed by atoms with E-state index in [4.69, 9.17) is 16.3 Å². The molecule has 0 atom stereocenters. The van der Waals surface area contributed by atoms with Gasteiger partial charge in [0.05, 0.1) is 11.4 Å². The molecule has 1 aromatic carbocycles. The number of carboxylic acids is 1. The lowest BCUT2D eigenvalue weighted by atomic mass is 10.0. The molecule has 0 radical (unpaired) electrons. The lowest BCUT2D eigenvalue weighted by molar-refractivity contribution is 0.0697. The maximum atomic E-state index is 11.5. The summed E-state index contributed by atoms with van der Waals surface area (Å²) in [6.07, 6.45) is 13.5. The number of aromatic carboxylic acids is 1. The van der Waals surface area contributed by atoms with Gasteiger partial charge in [-0.05, 0) is 43.0 Å². The van der Waals surface area contributed by atoms with Crippen LogP contribution in [-0.2, 0) is 11.3 Å². The number of ether oxygens (including phenoxy) is 1. The SMILES string of the molecule is O=C(O)c1cnc(Cl)cc1NC1CCN(C2=C/C/C=C(/OCc3ccccc3)C/C=C\2)CC1. The Kier molecular flexibility index (Phi) is 7.68. The normalized spacial score (nSPS) is 21.1. The first kappa shape index (κ1) is 22.9. The molecular weight excluding hydrogens is 438 g/mol. The van der Waals surface area contributed by atoms with E-state index in [0.29, 0.717) is 12.3 Å². The highest BCUT2D eigenvalue weighted by Gasteiger charge is 2.22. The third-order valence-corrected chi connectivity index (χ3v) is 6.07. The van der Waals surface area contributed by atoms with E-state index < -0.39 is 5.97 Å². The van der Waals surface area contributed by atoms with E-state index in [-0.39, 0.29) is 16.8 Å². The molecule has 7 heteroatoms. The third kappa shape index (κ3) is 6.39. The van der Waals surface area contributed by atoms with Gasteiger partial charge in [0.2, 0.25) is 0 Å². The average molecular weight is 466 g/mol. The van der Waals surface area contributed by atoms with Crippen molar-refractivity contribution >= 4 is 23.3 Å². The Bertz CT molecular complexity index is 1060. The number of carbonyl (C=O) groups is 1.